The van der Waals surface area contributed by atoms with Gasteiger partial charge in [0.2, 0.25) is 0 Å². The zero-order chi connectivity index (χ0) is 20.1. The normalized spacial score (nSPS) is 11.7. The molecule has 2 aromatic carbocycles. The summed E-state index contributed by atoms with van der Waals surface area (Å²) in [5.41, 5.74) is 1.55. The van der Waals surface area contributed by atoms with Gasteiger partial charge in [0.1, 0.15) is 12.4 Å². The molecule has 0 saturated heterocycles. The fourth-order valence-electron chi connectivity index (χ4n) is 2.46. The molecule has 28 heavy (non-hydrogen) atoms. The molecular weight excluding hydrogens is 368 g/mol. The van der Waals surface area contributed by atoms with Crippen molar-refractivity contribution in [2.75, 3.05) is 5.32 Å². The van der Waals surface area contributed by atoms with Crippen molar-refractivity contribution < 1.29 is 23.4 Å². The van der Waals surface area contributed by atoms with Crippen LogP contribution in [0.1, 0.15) is 34.5 Å². The second-order valence-corrected chi connectivity index (χ2v) is 6.05. The standard InChI is InChI=1S/C20H17F2N3O3/c1-12(26)14-3-5-19(28-11-13-2-4-17(21)18(22)8-13)16(9-14)20(27)25-15-6-7-23-24-10-15/h2-10,12,26H,11H2,1H3,(H,23,25,27). The molecule has 1 amide bonds. The number of carbonyl (C=O) groups is 1. The van der Waals surface area contributed by atoms with Crippen molar-refractivity contribution in [3.8, 4) is 5.75 Å². The summed E-state index contributed by atoms with van der Waals surface area (Å²) in [4.78, 5) is 12.7. The number of halogens is 2. The van der Waals surface area contributed by atoms with E-state index in [4.69, 9.17) is 4.74 Å². The number of anilines is 1. The molecule has 8 heteroatoms. The maximum Gasteiger partial charge on any atom is 0.259 e. The van der Waals surface area contributed by atoms with Crippen molar-refractivity contribution in [2.45, 2.75) is 19.6 Å². The molecule has 1 heterocycles. The predicted molar refractivity (Wildman–Crippen MR) is 97.8 cm³/mol. The first-order chi connectivity index (χ1) is 13.4. The summed E-state index contributed by atoms with van der Waals surface area (Å²) in [7, 11) is 0. The highest BCUT2D eigenvalue weighted by Gasteiger charge is 2.16. The van der Waals surface area contributed by atoms with Gasteiger partial charge in [-0.2, -0.15) is 10.2 Å². The number of aromatic nitrogens is 2. The number of nitrogens with zero attached hydrogens (tertiary/aromatic N) is 2. The zero-order valence-electron chi connectivity index (χ0n) is 14.9. The second-order valence-electron chi connectivity index (χ2n) is 6.05. The first kappa shape index (κ1) is 19.4. The average molecular weight is 385 g/mol. The van der Waals surface area contributed by atoms with E-state index in [9.17, 15) is 18.7 Å². The third-order valence-corrected chi connectivity index (χ3v) is 3.95. The lowest BCUT2D eigenvalue weighted by molar-refractivity contribution is 0.102. The smallest absolute Gasteiger partial charge is 0.259 e. The van der Waals surface area contributed by atoms with Crippen LogP contribution in [0, 0.1) is 11.6 Å². The summed E-state index contributed by atoms with van der Waals surface area (Å²) in [6.07, 6.45) is 2.04. The number of hydrogen-bond donors (Lipinski definition) is 2. The average Bonchev–Trinajstić information content (AvgIpc) is 2.69. The third kappa shape index (κ3) is 4.66. The van der Waals surface area contributed by atoms with Crippen molar-refractivity contribution >= 4 is 11.6 Å². The minimum atomic E-state index is -0.978. The maximum atomic E-state index is 13.4. The van der Waals surface area contributed by atoms with Gasteiger partial charge in [0, 0.05) is 0 Å². The Morgan fingerprint density at radius 1 is 1.14 bits per heavy atom. The van der Waals surface area contributed by atoms with Crippen LogP contribution in [0.4, 0.5) is 14.5 Å². The molecular formula is C20H17F2N3O3. The zero-order valence-corrected chi connectivity index (χ0v) is 14.9. The molecule has 3 rings (SSSR count). The Kier molecular flexibility index (Phi) is 5.90. The van der Waals surface area contributed by atoms with Crippen molar-refractivity contribution in [3.05, 3.63) is 83.2 Å². The van der Waals surface area contributed by atoms with E-state index < -0.39 is 23.6 Å². The van der Waals surface area contributed by atoms with Crippen molar-refractivity contribution in [1.29, 1.82) is 0 Å². The molecule has 0 aliphatic carbocycles. The molecule has 0 aliphatic heterocycles. The van der Waals surface area contributed by atoms with Gasteiger partial charge in [0.15, 0.2) is 11.6 Å². The van der Waals surface area contributed by atoms with E-state index >= 15 is 0 Å². The number of benzene rings is 2. The van der Waals surface area contributed by atoms with Gasteiger partial charge in [-0.1, -0.05) is 12.1 Å². The molecule has 0 saturated carbocycles. The number of ether oxygens (including phenoxy) is 1. The Morgan fingerprint density at radius 3 is 2.64 bits per heavy atom. The summed E-state index contributed by atoms with van der Waals surface area (Å²) < 4.78 is 32.1. The lowest BCUT2D eigenvalue weighted by Crippen LogP contribution is -2.15. The third-order valence-electron chi connectivity index (χ3n) is 3.95. The van der Waals surface area contributed by atoms with E-state index in [1.165, 1.54) is 24.5 Å². The molecule has 1 unspecified atom stereocenters. The van der Waals surface area contributed by atoms with Gasteiger partial charge in [-0.25, -0.2) is 8.78 Å². The van der Waals surface area contributed by atoms with Crippen LogP contribution >= 0.6 is 0 Å². The Labute approximate surface area is 159 Å². The van der Waals surface area contributed by atoms with Crippen molar-refractivity contribution in [3.63, 3.8) is 0 Å². The van der Waals surface area contributed by atoms with Crippen LogP contribution in [0.25, 0.3) is 0 Å². The van der Waals surface area contributed by atoms with Gasteiger partial charge in [-0.15, -0.1) is 0 Å². The van der Waals surface area contributed by atoms with Gasteiger partial charge < -0.3 is 15.2 Å². The van der Waals surface area contributed by atoms with Crippen LogP contribution < -0.4 is 10.1 Å². The number of rotatable bonds is 6. The molecule has 6 nitrogen and oxygen atoms in total. The largest absolute Gasteiger partial charge is 0.488 e. The lowest BCUT2D eigenvalue weighted by Gasteiger charge is -2.14. The molecule has 0 spiro atoms. The number of aliphatic hydroxyl groups excluding tert-OH is 1. The van der Waals surface area contributed by atoms with Crippen molar-refractivity contribution in [1.82, 2.24) is 10.2 Å². The number of aliphatic hydroxyl groups is 1. The van der Waals surface area contributed by atoms with E-state index in [1.807, 2.05) is 0 Å². The minimum Gasteiger partial charge on any atom is -0.488 e. The summed E-state index contributed by atoms with van der Waals surface area (Å²) in [5.74, 6) is -2.17. The van der Waals surface area contributed by atoms with Crippen molar-refractivity contribution in [2.24, 2.45) is 0 Å². The van der Waals surface area contributed by atoms with Crippen LogP contribution in [0.2, 0.25) is 0 Å². The molecule has 3 aromatic rings. The van der Waals surface area contributed by atoms with Gasteiger partial charge in [0.05, 0.1) is 29.7 Å². The number of hydrogen-bond acceptors (Lipinski definition) is 5. The fraction of sp³-hybridized carbons (Fsp3) is 0.150. The molecule has 0 radical (unpaired) electrons. The lowest BCUT2D eigenvalue weighted by atomic mass is 10.1. The topological polar surface area (TPSA) is 84.3 Å². The summed E-state index contributed by atoms with van der Waals surface area (Å²) in [5, 5.41) is 19.8. The summed E-state index contributed by atoms with van der Waals surface area (Å²) >= 11 is 0. The number of nitrogens with one attached hydrogen (secondary N) is 1. The Bertz CT molecular complexity index is 982. The number of carbonyl (C=O) groups excluding carboxylic acids is 1. The summed E-state index contributed by atoms with van der Waals surface area (Å²) in [6, 6.07) is 9.68. The predicted octanol–water partition coefficient (Wildman–Crippen LogP) is 3.64. The molecule has 144 valence electrons. The van der Waals surface area contributed by atoms with E-state index in [-0.39, 0.29) is 17.9 Å². The van der Waals surface area contributed by atoms with Gasteiger partial charge in [-0.3, -0.25) is 4.79 Å². The first-order valence-electron chi connectivity index (χ1n) is 8.41. The van der Waals surface area contributed by atoms with Crippen LogP contribution in [0.5, 0.6) is 5.75 Å². The highest BCUT2D eigenvalue weighted by atomic mass is 19.2. The Balaban J connectivity index is 1.85. The van der Waals surface area contributed by atoms with Crippen LogP contribution in [0.15, 0.2) is 54.9 Å². The quantitative estimate of drug-likeness (QED) is 0.677. The molecule has 2 N–H and O–H groups in total. The van der Waals surface area contributed by atoms with Crippen LogP contribution in [0.3, 0.4) is 0 Å². The summed E-state index contributed by atoms with van der Waals surface area (Å²) in [6.45, 7) is 1.51. The molecule has 1 aromatic heterocycles. The highest BCUT2D eigenvalue weighted by Crippen LogP contribution is 2.26. The van der Waals surface area contributed by atoms with Crippen LogP contribution in [-0.4, -0.2) is 21.2 Å². The molecule has 0 aliphatic rings. The molecule has 0 fully saturated rings. The Morgan fingerprint density at radius 2 is 1.96 bits per heavy atom. The minimum absolute atomic E-state index is 0.0671. The number of amides is 1. The van der Waals surface area contributed by atoms with E-state index in [2.05, 4.69) is 15.5 Å². The Hall–Kier alpha value is -3.39. The fourth-order valence-corrected chi connectivity index (χ4v) is 2.46. The second kappa shape index (κ2) is 8.53. The SMILES string of the molecule is CC(O)c1ccc(OCc2ccc(F)c(F)c2)c(C(=O)Nc2ccnnc2)c1. The van der Waals surface area contributed by atoms with Gasteiger partial charge in [0.25, 0.3) is 5.91 Å². The molecule has 0 bridgehead atoms. The maximum absolute atomic E-state index is 13.4. The van der Waals surface area contributed by atoms with Gasteiger partial charge >= 0.3 is 0 Å². The monoisotopic (exact) mass is 385 g/mol. The first-order valence-corrected chi connectivity index (χ1v) is 8.41. The van der Waals surface area contributed by atoms with E-state index in [0.717, 1.165) is 12.1 Å². The van der Waals surface area contributed by atoms with E-state index in [0.29, 0.717) is 16.8 Å². The van der Waals surface area contributed by atoms with E-state index in [1.54, 1.807) is 25.1 Å². The highest BCUT2D eigenvalue weighted by molar-refractivity contribution is 6.06. The van der Waals surface area contributed by atoms with Gasteiger partial charge in [-0.05, 0) is 48.4 Å². The molecule has 1 atom stereocenters. The van der Waals surface area contributed by atoms with Crippen LogP contribution in [-0.2, 0) is 6.61 Å².